The van der Waals surface area contributed by atoms with Gasteiger partial charge in [0.2, 0.25) is 15.9 Å². The molecule has 154 valence electrons. The Morgan fingerprint density at radius 1 is 1.41 bits per heavy atom. The third-order valence-corrected chi connectivity index (χ3v) is 6.54. The van der Waals surface area contributed by atoms with Crippen molar-refractivity contribution in [3.63, 3.8) is 0 Å². The molecule has 2 rings (SSSR count). The molecule has 0 spiro atoms. The first kappa shape index (κ1) is 21.7. The molecular weight excluding hydrogens is 385 g/mol. The first-order valence-electron chi connectivity index (χ1n) is 8.83. The van der Waals surface area contributed by atoms with Crippen LogP contribution in [0.3, 0.4) is 0 Å². The van der Waals surface area contributed by atoms with Gasteiger partial charge in [0.1, 0.15) is 12.4 Å². The Labute approximate surface area is 157 Å². The van der Waals surface area contributed by atoms with Crippen molar-refractivity contribution in [2.45, 2.75) is 45.5 Å². The van der Waals surface area contributed by atoms with Crippen LogP contribution in [-0.2, 0) is 27.9 Å². The lowest BCUT2D eigenvalue weighted by molar-refractivity contribution is -0.141. The molecule has 0 saturated carbocycles. The SMILES string of the molecule is CCCS(=O)(=O)N1CCCC(C(=O)N(C)Cc2nccn2CC(F)(F)F)C1. The van der Waals surface area contributed by atoms with Crippen molar-refractivity contribution >= 4 is 15.9 Å². The zero-order valence-corrected chi connectivity index (χ0v) is 16.3. The lowest BCUT2D eigenvalue weighted by Gasteiger charge is -2.33. The summed E-state index contributed by atoms with van der Waals surface area (Å²) in [5.41, 5.74) is 0. The van der Waals surface area contributed by atoms with Crippen LogP contribution in [0.2, 0.25) is 0 Å². The Balaban J connectivity index is 2.02. The molecule has 11 heteroatoms. The number of amides is 1. The number of halogens is 3. The largest absolute Gasteiger partial charge is 0.406 e. The molecule has 1 aliphatic rings. The molecule has 0 radical (unpaired) electrons. The topological polar surface area (TPSA) is 75.5 Å². The Morgan fingerprint density at radius 3 is 2.74 bits per heavy atom. The van der Waals surface area contributed by atoms with Crippen LogP contribution in [0, 0.1) is 5.92 Å². The van der Waals surface area contributed by atoms with Gasteiger partial charge in [0.25, 0.3) is 0 Å². The first-order valence-corrected chi connectivity index (χ1v) is 10.4. The zero-order chi connectivity index (χ0) is 20.2. The van der Waals surface area contributed by atoms with E-state index in [2.05, 4.69) is 4.98 Å². The zero-order valence-electron chi connectivity index (χ0n) is 15.4. The summed E-state index contributed by atoms with van der Waals surface area (Å²) >= 11 is 0. The fraction of sp³-hybridized carbons (Fsp3) is 0.750. The maximum absolute atomic E-state index is 12.7. The third kappa shape index (κ3) is 5.93. The number of aromatic nitrogens is 2. The van der Waals surface area contributed by atoms with E-state index in [1.165, 1.54) is 28.6 Å². The average Bonchev–Trinajstić information content (AvgIpc) is 2.99. The summed E-state index contributed by atoms with van der Waals surface area (Å²) in [7, 11) is -1.89. The molecule has 1 atom stereocenters. The highest BCUT2D eigenvalue weighted by atomic mass is 32.2. The predicted molar refractivity (Wildman–Crippen MR) is 93.1 cm³/mol. The van der Waals surface area contributed by atoms with E-state index in [4.69, 9.17) is 0 Å². The van der Waals surface area contributed by atoms with Gasteiger partial charge in [-0.3, -0.25) is 4.79 Å². The normalized spacial score (nSPS) is 19.2. The Morgan fingerprint density at radius 2 is 2.11 bits per heavy atom. The molecule has 2 heterocycles. The quantitative estimate of drug-likeness (QED) is 0.688. The molecule has 1 aliphatic heterocycles. The fourth-order valence-electron chi connectivity index (χ4n) is 3.21. The lowest BCUT2D eigenvalue weighted by Crippen LogP contribution is -2.46. The first-order chi connectivity index (χ1) is 12.5. The lowest BCUT2D eigenvalue weighted by atomic mass is 9.98. The van der Waals surface area contributed by atoms with Crippen LogP contribution in [0.4, 0.5) is 13.2 Å². The number of imidazole rings is 1. The standard InChI is InChI=1S/C16H25F3N4O3S/c1-3-9-27(25,26)23-7-4-5-13(10-23)15(24)21(2)11-14-20-6-8-22(14)12-16(17,18)19/h6,8,13H,3-5,7,9-12H2,1-2H3. The highest BCUT2D eigenvalue weighted by molar-refractivity contribution is 7.89. The van der Waals surface area contributed by atoms with Crippen molar-refractivity contribution in [2.24, 2.45) is 5.92 Å². The van der Waals surface area contributed by atoms with Crippen LogP contribution in [0.15, 0.2) is 12.4 Å². The molecule has 0 aliphatic carbocycles. The molecule has 1 aromatic rings. The summed E-state index contributed by atoms with van der Waals surface area (Å²) in [5, 5.41) is 0. The molecule has 7 nitrogen and oxygen atoms in total. The van der Waals surface area contributed by atoms with Gasteiger partial charge < -0.3 is 9.47 Å². The van der Waals surface area contributed by atoms with Gasteiger partial charge in [-0.2, -0.15) is 13.2 Å². The summed E-state index contributed by atoms with van der Waals surface area (Å²) in [4.78, 5) is 17.9. The smallest absolute Gasteiger partial charge is 0.338 e. The summed E-state index contributed by atoms with van der Waals surface area (Å²) in [6.45, 7) is 1.05. The van der Waals surface area contributed by atoms with Crippen LogP contribution in [0.5, 0.6) is 0 Å². The minimum absolute atomic E-state index is 0.0403. The van der Waals surface area contributed by atoms with Gasteiger partial charge in [-0.05, 0) is 19.3 Å². The summed E-state index contributed by atoms with van der Waals surface area (Å²) in [5.74, 6) is -0.609. The number of carbonyl (C=O) groups excluding carboxylic acids is 1. The Kier molecular flexibility index (Phi) is 6.90. The van der Waals surface area contributed by atoms with Crippen molar-refractivity contribution < 1.29 is 26.4 Å². The van der Waals surface area contributed by atoms with Gasteiger partial charge in [0.05, 0.1) is 18.2 Å². The monoisotopic (exact) mass is 410 g/mol. The van der Waals surface area contributed by atoms with Gasteiger partial charge in [-0.25, -0.2) is 17.7 Å². The second-order valence-corrected chi connectivity index (χ2v) is 8.88. The molecule has 0 bridgehead atoms. The second kappa shape index (κ2) is 8.59. The Hall–Kier alpha value is -1.62. The van der Waals surface area contributed by atoms with E-state index in [1.807, 2.05) is 0 Å². The fourth-order valence-corrected chi connectivity index (χ4v) is 4.80. The number of nitrogens with zero attached hydrogens (tertiary/aromatic N) is 4. The number of carbonyl (C=O) groups is 1. The van der Waals surface area contributed by atoms with E-state index in [0.29, 0.717) is 25.8 Å². The molecule has 1 amide bonds. The molecule has 0 aromatic carbocycles. The number of hydrogen-bond acceptors (Lipinski definition) is 4. The maximum Gasteiger partial charge on any atom is 0.406 e. The van der Waals surface area contributed by atoms with E-state index >= 15 is 0 Å². The second-order valence-electron chi connectivity index (χ2n) is 6.79. The number of rotatable bonds is 7. The molecule has 1 unspecified atom stereocenters. The van der Waals surface area contributed by atoms with Gasteiger partial charge >= 0.3 is 6.18 Å². The van der Waals surface area contributed by atoms with Crippen molar-refractivity contribution in [1.82, 2.24) is 18.8 Å². The van der Waals surface area contributed by atoms with Gasteiger partial charge in [-0.15, -0.1) is 0 Å². The van der Waals surface area contributed by atoms with Crippen LogP contribution >= 0.6 is 0 Å². The molecular formula is C16H25F3N4O3S. The highest BCUT2D eigenvalue weighted by Gasteiger charge is 2.34. The molecule has 1 fully saturated rings. The van der Waals surface area contributed by atoms with Crippen LogP contribution in [0.1, 0.15) is 32.0 Å². The van der Waals surface area contributed by atoms with E-state index in [1.54, 1.807) is 6.92 Å². The number of hydrogen-bond donors (Lipinski definition) is 0. The molecule has 1 aromatic heterocycles. The van der Waals surface area contributed by atoms with Crippen molar-refractivity contribution in [3.05, 3.63) is 18.2 Å². The van der Waals surface area contributed by atoms with Crippen LogP contribution in [-0.4, -0.2) is 65.1 Å². The van der Waals surface area contributed by atoms with Crippen molar-refractivity contribution in [1.29, 1.82) is 0 Å². The average molecular weight is 410 g/mol. The minimum atomic E-state index is -4.38. The van der Waals surface area contributed by atoms with Gasteiger partial charge in [0, 0.05) is 32.5 Å². The predicted octanol–water partition coefficient (Wildman–Crippen LogP) is 1.86. The Bertz CT molecular complexity index is 748. The molecule has 27 heavy (non-hydrogen) atoms. The number of piperidine rings is 1. The maximum atomic E-state index is 12.7. The van der Waals surface area contributed by atoms with Crippen LogP contribution < -0.4 is 0 Å². The summed E-state index contributed by atoms with van der Waals surface area (Å²) in [6, 6.07) is 0. The van der Waals surface area contributed by atoms with Gasteiger partial charge in [0.15, 0.2) is 0 Å². The minimum Gasteiger partial charge on any atom is -0.338 e. The van der Waals surface area contributed by atoms with Crippen LogP contribution in [0.25, 0.3) is 0 Å². The van der Waals surface area contributed by atoms with E-state index < -0.39 is 28.7 Å². The van der Waals surface area contributed by atoms with Crippen molar-refractivity contribution in [2.75, 3.05) is 25.9 Å². The molecule has 0 N–H and O–H groups in total. The van der Waals surface area contributed by atoms with Crippen molar-refractivity contribution in [3.8, 4) is 0 Å². The van der Waals surface area contributed by atoms with Gasteiger partial charge in [-0.1, -0.05) is 6.92 Å². The summed E-state index contributed by atoms with van der Waals surface area (Å²) < 4.78 is 64.6. The van der Waals surface area contributed by atoms with E-state index in [0.717, 1.165) is 4.57 Å². The molecule has 1 saturated heterocycles. The number of sulfonamides is 1. The van der Waals surface area contributed by atoms with E-state index in [9.17, 15) is 26.4 Å². The third-order valence-electron chi connectivity index (χ3n) is 4.49. The highest BCUT2D eigenvalue weighted by Crippen LogP contribution is 2.23. The summed E-state index contributed by atoms with van der Waals surface area (Å²) in [6.07, 6.45) is -0.261. The number of alkyl halides is 3. The van der Waals surface area contributed by atoms with E-state index in [-0.39, 0.29) is 30.6 Å².